The summed E-state index contributed by atoms with van der Waals surface area (Å²) < 4.78 is 0. The number of benzene rings is 3. The van der Waals surface area contributed by atoms with Gasteiger partial charge in [0.15, 0.2) is 0 Å². The fourth-order valence-electron chi connectivity index (χ4n) is 4.28. The summed E-state index contributed by atoms with van der Waals surface area (Å²) in [7, 11) is 0. The van der Waals surface area contributed by atoms with Crippen LogP contribution in [0.5, 0.6) is 0 Å². The number of carbonyl (C=O) groups is 1. The van der Waals surface area contributed by atoms with Crippen molar-refractivity contribution in [3.05, 3.63) is 108 Å². The highest BCUT2D eigenvalue weighted by atomic mass is 16.2. The molecule has 0 unspecified atom stereocenters. The van der Waals surface area contributed by atoms with Gasteiger partial charge in [0.2, 0.25) is 0 Å². The lowest BCUT2D eigenvalue weighted by Gasteiger charge is -2.44. The van der Waals surface area contributed by atoms with Crippen molar-refractivity contribution < 1.29 is 4.79 Å². The quantitative estimate of drug-likeness (QED) is 0.582. The molecule has 0 aliphatic carbocycles. The number of hydrogen-bond acceptors (Lipinski definition) is 3. The fourth-order valence-corrected chi connectivity index (χ4v) is 4.28. The standard InChI is InChI=1S/C27H27N3O/c28-22-27(16-18-29(19-17-27)20-23-10-4-1-5-11-23)30(21-24-12-6-2-7-13-24)26(31)25-14-8-3-9-15-25/h1-15H,16-21H2. The number of piperidine rings is 1. The van der Waals surface area contributed by atoms with E-state index in [0.29, 0.717) is 24.9 Å². The topological polar surface area (TPSA) is 47.3 Å². The van der Waals surface area contributed by atoms with E-state index in [-0.39, 0.29) is 5.91 Å². The lowest BCUT2D eigenvalue weighted by atomic mass is 9.85. The molecule has 0 atom stereocenters. The second-order valence-electron chi connectivity index (χ2n) is 8.15. The average molecular weight is 410 g/mol. The molecule has 1 amide bonds. The molecule has 0 N–H and O–H groups in total. The Morgan fingerprint density at radius 3 is 1.90 bits per heavy atom. The molecular weight excluding hydrogens is 382 g/mol. The molecule has 1 saturated heterocycles. The Balaban J connectivity index is 1.57. The van der Waals surface area contributed by atoms with E-state index >= 15 is 0 Å². The van der Waals surface area contributed by atoms with E-state index in [9.17, 15) is 10.1 Å². The molecule has 3 aromatic carbocycles. The van der Waals surface area contributed by atoms with Gasteiger partial charge < -0.3 is 4.90 Å². The van der Waals surface area contributed by atoms with Crippen LogP contribution in [0.4, 0.5) is 0 Å². The lowest BCUT2D eigenvalue weighted by Crippen LogP contribution is -2.56. The Hall–Kier alpha value is -3.42. The zero-order valence-corrected chi connectivity index (χ0v) is 17.7. The fraction of sp³-hybridized carbons (Fsp3) is 0.259. The third-order valence-electron chi connectivity index (χ3n) is 6.11. The van der Waals surface area contributed by atoms with Crippen molar-refractivity contribution in [2.24, 2.45) is 0 Å². The molecule has 1 fully saturated rings. The van der Waals surface area contributed by atoms with Crippen molar-refractivity contribution in [3.63, 3.8) is 0 Å². The van der Waals surface area contributed by atoms with E-state index < -0.39 is 5.54 Å². The second kappa shape index (κ2) is 9.59. The smallest absolute Gasteiger partial charge is 0.255 e. The van der Waals surface area contributed by atoms with E-state index in [2.05, 4.69) is 35.2 Å². The summed E-state index contributed by atoms with van der Waals surface area (Å²) in [5.74, 6) is -0.0810. The van der Waals surface area contributed by atoms with Crippen LogP contribution in [0.3, 0.4) is 0 Å². The van der Waals surface area contributed by atoms with Gasteiger partial charge in [-0.05, 0) is 36.1 Å². The van der Waals surface area contributed by atoms with Crippen LogP contribution >= 0.6 is 0 Å². The first-order chi connectivity index (χ1) is 15.2. The molecular formula is C27H27N3O. The Kier molecular flexibility index (Phi) is 6.45. The highest BCUT2D eigenvalue weighted by molar-refractivity contribution is 5.95. The average Bonchev–Trinajstić information content (AvgIpc) is 2.85. The molecule has 0 spiro atoms. The van der Waals surface area contributed by atoms with Crippen molar-refractivity contribution in [3.8, 4) is 6.07 Å². The van der Waals surface area contributed by atoms with Crippen LogP contribution in [0.1, 0.15) is 34.3 Å². The predicted molar refractivity (Wildman–Crippen MR) is 122 cm³/mol. The zero-order chi connectivity index (χ0) is 21.5. The summed E-state index contributed by atoms with van der Waals surface area (Å²) in [4.78, 5) is 17.7. The normalized spacial score (nSPS) is 15.7. The number of hydrogen-bond donors (Lipinski definition) is 0. The van der Waals surface area contributed by atoms with E-state index in [0.717, 1.165) is 25.2 Å². The number of rotatable bonds is 6. The first-order valence-electron chi connectivity index (χ1n) is 10.8. The molecule has 0 saturated carbocycles. The molecule has 3 aromatic rings. The third-order valence-corrected chi connectivity index (χ3v) is 6.11. The second-order valence-corrected chi connectivity index (χ2v) is 8.15. The third kappa shape index (κ3) is 4.84. The molecule has 0 radical (unpaired) electrons. The van der Waals surface area contributed by atoms with Crippen molar-refractivity contribution in [2.75, 3.05) is 13.1 Å². The van der Waals surface area contributed by atoms with Gasteiger partial charge in [0, 0.05) is 31.7 Å². The van der Waals surface area contributed by atoms with Gasteiger partial charge in [0.05, 0.1) is 6.07 Å². The first kappa shape index (κ1) is 20.8. The van der Waals surface area contributed by atoms with Gasteiger partial charge in [-0.2, -0.15) is 5.26 Å². The van der Waals surface area contributed by atoms with Crippen LogP contribution in [0.15, 0.2) is 91.0 Å². The van der Waals surface area contributed by atoms with Gasteiger partial charge in [-0.15, -0.1) is 0 Å². The minimum Gasteiger partial charge on any atom is -0.315 e. The van der Waals surface area contributed by atoms with Gasteiger partial charge in [-0.3, -0.25) is 9.69 Å². The number of likely N-dealkylation sites (tertiary alicyclic amines) is 1. The van der Waals surface area contributed by atoms with Crippen molar-refractivity contribution in [1.82, 2.24) is 9.80 Å². The molecule has 1 aliphatic heterocycles. The van der Waals surface area contributed by atoms with E-state index in [4.69, 9.17) is 0 Å². The molecule has 4 rings (SSSR count). The molecule has 1 heterocycles. The highest BCUT2D eigenvalue weighted by Crippen LogP contribution is 2.32. The Bertz CT molecular complexity index is 1020. The Morgan fingerprint density at radius 2 is 1.35 bits per heavy atom. The summed E-state index contributed by atoms with van der Waals surface area (Å²) in [6, 6.07) is 32.2. The molecule has 1 aliphatic rings. The van der Waals surface area contributed by atoms with Crippen molar-refractivity contribution in [1.29, 1.82) is 5.26 Å². The van der Waals surface area contributed by atoms with Crippen LogP contribution in [0.25, 0.3) is 0 Å². The highest BCUT2D eigenvalue weighted by Gasteiger charge is 2.43. The molecule has 4 heteroatoms. The van der Waals surface area contributed by atoms with Gasteiger partial charge >= 0.3 is 0 Å². The van der Waals surface area contributed by atoms with Crippen LogP contribution < -0.4 is 0 Å². The summed E-state index contributed by atoms with van der Waals surface area (Å²) in [6.45, 7) is 2.88. The van der Waals surface area contributed by atoms with Gasteiger partial charge in [0.1, 0.15) is 5.54 Å². The Morgan fingerprint density at radius 1 is 0.839 bits per heavy atom. The van der Waals surface area contributed by atoms with Crippen LogP contribution in [-0.2, 0) is 13.1 Å². The maximum atomic E-state index is 13.5. The summed E-state index contributed by atoms with van der Waals surface area (Å²) in [5, 5.41) is 10.3. The van der Waals surface area contributed by atoms with Crippen LogP contribution in [-0.4, -0.2) is 34.3 Å². The molecule has 4 nitrogen and oxygen atoms in total. The largest absolute Gasteiger partial charge is 0.315 e. The first-order valence-corrected chi connectivity index (χ1v) is 10.8. The molecule has 31 heavy (non-hydrogen) atoms. The van der Waals surface area contributed by atoms with Gasteiger partial charge in [-0.1, -0.05) is 78.9 Å². The van der Waals surface area contributed by atoms with Crippen molar-refractivity contribution in [2.45, 2.75) is 31.5 Å². The number of nitriles is 1. The number of amides is 1. The van der Waals surface area contributed by atoms with Crippen LogP contribution in [0, 0.1) is 11.3 Å². The zero-order valence-electron chi connectivity index (χ0n) is 17.7. The molecule has 156 valence electrons. The van der Waals surface area contributed by atoms with Gasteiger partial charge in [0.25, 0.3) is 5.91 Å². The van der Waals surface area contributed by atoms with E-state index in [1.165, 1.54) is 5.56 Å². The maximum absolute atomic E-state index is 13.5. The minimum atomic E-state index is -0.810. The summed E-state index contributed by atoms with van der Waals surface area (Å²) in [6.07, 6.45) is 1.28. The van der Waals surface area contributed by atoms with E-state index in [1.807, 2.05) is 66.7 Å². The number of carbonyl (C=O) groups excluding carboxylic acids is 1. The molecule has 0 bridgehead atoms. The van der Waals surface area contributed by atoms with Gasteiger partial charge in [-0.25, -0.2) is 0 Å². The minimum absolute atomic E-state index is 0.0810. The summed E-state index contributed by atoms with van der Waals surface area (Å²) in [5.41, 5.74) is 2.12. The summed E-state index contributed by atoms with van der Waals surface area (Å²) >= 11 is 0. The lowest BCUT2D eigenvalue weighted by molar-refractivity contribution is 0.0354. The maximum Gasteiger partial charge on any atom is 0.255 e. The predicted octanol–water partition coefficient (Wildman–Crippen LogP) is 4.89. The van der Waals surface area contributed by atoms with Crippen LogP contribution in [0.2, 0.25) is 0 Å². The van der Waals surface area contributed by atoms with Crippen molar-refractivity contribution >= 4 is 5.91 Å². The number of nitrogens with zero attached hydrogens (tertiary/aromatic N) is 3. The monoisotopic (exact) mass is 409 g/mol. The molecule has 0 aromatic heterocycles. The SMILES string of the molecule is N#CC1(N(Cc2ccccc2)C(=O)c2ccccc2)CCN(Cc2ccccc2)CC1. The van der Waals surface area contributed by atoms with E-state index in [1.54, 1.807) is 4.90 Å². The Labute approximate surface area is 184 Å².